The Kier molecular flexibility index (Phi) is 4.49. The molecule has 15 heavy (non-hydrogen) atoms. The zero-order valence-corrected chi connectivity index (χ0v) is 9.73. The third-order valence-electron chi connectivity index (χ3n) is 1.90. The van der Waals surface area contributed by atoms with E-state index >= 15 is 0 Å². The zero-order chi connectivity index (χ0) is 11.3. The lowest BCUT2D eigenvalue weighted by molar-refractivity contribution is -0.141. The number of ether oxygens (including phenoxy) is 1. The van der Waals surface area contributed by atoms with Crippen molar-refractivity contribution in [2.24, 2.45) is 0 Å². The summed E-state index contributed by atoms with van der Waals surface area (Å²) in [6.45, 7) is 4.07. The molecule has 0 aliphatic rings. The lowest BCUT2D eigenvalue weighted by Crippen LogP contribution is -2.10. The Bertz CT molecular complexity index is 354. The van der Waals surface area contributed by atoms with E-state index < -0.39 is 5.97 Å². The molecule has 0 aliphatic carbocycles. The molecule has 0 aliphatic heterocycles. The maximum absolute atomic E-state index is 11.6. The molecule has 0 amide bonds. The lowest BCUT2D eigenvalue weighted by atomic mass is 10.2. The fourth-order valence-electron chi connectivity index (χ4n) is 1.15. The Morgan fingerprint density at radius 3 is 2.60 bits per heavy atom. The van der Waals surface area contributed by atoms with Gasteiger partial charge < -0.3 is 4.74 Å². The number of ketones is 1. The molecule has 0 bridgehead atoms. The van der Waals surface area contributed by atoms with Crippen LogP contribution in [0.1, 0.15) is 34.8 Å². The Morgan fingerprint density at radius 2 is 2.07 bits per heavy atom. The van der Waals surface area contributed by atoms with Gasteiger partial charge >= 0.3 is 5.97 Å². The molecule has 0 N–H and O–H groups in total. The van der Waals surface area contributed by atoms with Crippen LogP contribution in [0.4, 0.5) is 0 Å². The lowest BCUT2D eigenvalue weighted by Gasteiger charge is -1.98. The summed E-state index contributed by atoms with van der Waals surface area (Å²) in [5.74, 6) is -0.605. The first-order valence-electron chi connectivity index (χ1n) is 4.94. The normalized spacial score (nSPS) is 10.0. The monoisotopic (exact) mass is 226 g/mol. The van der Waals surface area contributed by atoms with Gasteiger partial charge in [-0.3, -0.25) is 9.59 Å². The molecular weight excluding hydrogens is 212 g/mol. The van der Waals surface area contributed by atoms with Crippen LogP contribution in [0, 0.1) is 0 Å². The maximum Gasteiger partial charge on any atom is 0.313 e. The van der Waals surface area contributed by atoms with Gasteiger partial charge in [0, 0.05) is 4.88 Å². The van der Waals surface area contributed by atoms with E-state index in [1.165, 1.54) is 11.3 Å². The molecule has 1 aromatic heterocycles. The Hall–Kier alpha value is -1.16. The number of carbonyl (C=O) groups excluding carboxylic acids is 2. The molecule has 1 rings (SSSR count). The molecule has 0 aromatic carbocycles. The summed E-state index contributed by atoms with van der Waals surface area (Å²) in [5, 5.41) is 0. The van der Waals surface area contributed by atoms with Crippen LogP contribution in [0.15, 0.2) is 12.1 Å². The van der Waals surface area contributed by atoms with Crippen molar-refractivity contribution in [1.29, 1.82) is 0 Å². The van der Waals surface area contributed by atoms with Crippen molar-refractivity contribution in [3.63, 3.8) is 0 Å². The summed E-state index contributed by atoms with van der Waals surface area (Å²) in [5.41, 5.74) is 0. The highest BCUT2D eigenvalue weighted by Crippen LogP contribution is 2.18. The van der Waals surface area contributed by atoms with Crippen molar-refractivity contribution in [3.8, 4) is 0 Å². The number of Topliss-reactive ketones (excluding diaryl/α,β-unsaturated/α-hetero) is 1. The van der Waals surface area contributed by atoms with E-state index in [9.17, 15) is 9.59 Å². The molecule has 0 radical (unpaired) electrons. The number of rotatable bonds is 5. The number of hydrogen-bond donors (Lipinski definition) is 0. The second-order valence-electron chi connectivity index (χ2n) is 3.02. The topological polar surface area (TPSA) is 43.4 Å². The minimum Gasteiger partial charge on any atom is -0.466 e. The van der Waals surface area contributed by atoms with Gasteiger partial charge in [-0.1, -0.05) is 6.92 Å². The molecule has 0 unspecified atom stereocenters. The van der Waals surface area contributed by atoms with Gasteiger partial charge in [0.1, 0.15) is 6.42 Å². The molecule has 1 heterocycles. The average molecular weight is 226 g/mol. The summed E-state index contributed by atoms with van der Waals surface area (Å²) in [6, 6.07) is 3.69. The van der Waals surface area contributed by atoms with Crippen molar-refractivity contribution < 1.29 is 14.3 Å². The molecule has 0 atom stereocenters. The molecule has 1 aromatic rings. The second kappa shape index (κ2) is 5.66. The van der Waals surface area contributed by atoms with E-state index in [1.807, 2.05) is 13.0 Å². The minimum absolute atomic E-state index is 0.154. The first kappa shape index (κ1) is 11.9. The highest BCUT2D eigenvalue weighted by Gasteiger charge is 2.14. The Balaban J connectivity index is 2.57. The van der Waals surface area contributed by atoms with Crippen molar-refractivity contribution in [3.05, 3.63) is 21.9 Å². The smallest absolute Gasteiger partial charge is 0.313 e. The first-order chi connectivity index (χ1) is 7.17. The van der Waals surface area contributed by atoms with Crippen LogP contribution < -0.4 is 0 Å². The predicted octanol–water partition coefficient (Wildman–Crippen LogP) is 2.45. The van der Waals surface area contributed by atoms with Crippen LogP contribution in [0.5, 0.6) is 0 Å². The van der Waals surface area contributed by atoms with E-state index in [0.717, 1.165) is 11.3 Å². The fraction of sp³-hybridized carbons (Fsp3) is 0.455. The van der Waals surface area contributed by atoms with Gasteiger partial charge in [-0.2, -0.15) is 0 Å². The third-order valence-corrected chi connectivity index (χ3v) is 3.17. The molecule has 3 nitrogen and oxygen atoms in total. The molecule has 0 saturated heterocycles. The number of hydrogen-bond acceptors (Lipinski definition) is 4. The van der Waals surface area contributed by atoms with Crippen LogP contribution in [0.2, 0.25) is 0 Å². The van der Waals surface area contributed by atoms with Crippen LogP contribution >= 0.6 is 11.3 Å². The van der Waals surface area contributed by atoms with E-state index in [4.69, 9.17) is 4.74 Å². The van der Waals surface area contributed by atoms with Crippen LogP contribution in [0.3, 0.4) is 0 Å². The van der Waals surface area contributed by atoms with Crippen molar-refractivity contribution in [2.75, 3.05) is 6.61 Å². The highest BCUT2D eigenvalue weighted by atomic mass is 32.1. The average Bonchev–Trinajstić information content (AvgIpc) is 2.66. The maximum atomic E-state index is 11.6. The largest absolute Gasteiger partial charge is 0.466 e. The molecule has 0 fully saturated rings. The number of aryl methyl sites for hydroxylation is 1. The second-order valence-corrected chi connectivity index (χ2v) is 4.19. The summed E-state index contributed by atoms with van der Waals surface area (Å²) >= 11 is 1.44. The molecular formula is C11H14O3S. The van der Waals surface area contributed by atoms with Gasteiger partial charge in [-0.15, -0.1) is 11.3 Å². The molecule has 0 spiro atoms. The zero-order valence-electron chi connectivity index (χ0n) is 8.91. The third kappa shape index (κ3) is 3.47. The van der Waals surface area contributed by atoms with Gasteiger partial charge in [0.05, 0.1) is 11.5 Å². The highest BCUT2D eigenvalue weighted by molar-refractivity contribution is 7.14. The van der Waals surface area contributed by atoms with Crippen LogP contribution in [-0.2, 0) is 16.0 Å². The fourth-order valence-corrected chi connectivity index (χ4v) is 2.03. The Morgan fingerprint density at radius 1 is 1.33 bits per heavy atom. The molecule has 82 valence electrons. The summed E-state index contributed by atoms with van der Waals surface area (Å²) in [7, 11) is 0. The number of esters is 1. The molecule has 0 saturated carbocycles. The van der Waals surface area contributed by atoms with E-state index in [-0.39, 0.29) is 12.2 Å². The van der Waals surface area contributed by atoms with E-state index in [1.54, 1.807) is 13.0 Å². The Labute approximate surface area is 93.1 Å². The van der Waals surface area contributed by atoms with Gasteiger partial charge in [-0.05, 0) is 25.5 Å². The summed E-state index contributed by atoms with van der Waals surface area (Å²) in [4.78, 5) is 24.4. The van der Waals surface area contributed by atoms with Gasteiger partial charge in [0.2, 0.25) is 0 Å². The van der Waals surface area contributed by atoms with Crippen LogP contribution in [-0.4, -0.2) is 18.4 Å². The standard InChI is InChI=1S/C11H14O3S/c1-3-8-5-6-10(15-8)9(12)7-11(13)14-4-2/h5-6H,3-4,7H2,1-2H3. The van der Waals surface area contributed by atoms with Gasteiger partial charge in [0.15, 0.2) is 5.78 Å². The van der Waals surface area contributed by atoms with E-state index in [0.29, 0.717) is 11.5 Å². The van der Waals surface area contributed by atoms with Gasteiger partial charge in [-0.25, -0.2) is 0 Å². The van der Waals surface area contributed by atoms with Crippen LogP contribution in [0.25, 0.3) is 0 Å². The summed E-state index contributed by atoms with van der Waals surface area (Å²) in [6.07, 6.45) is 0.759. The quantitative estimate of drug-likeness (QED) is 0.440. The van der Waals surface area contributed by atoms with Crippen molar-refractivity contribution in [2.45, 2.75) is 26.7 Å². The number of carbonyl (C=O) groups is 2. The SMILES string of the molecule is CCOC(=O)CC(=O)c1ccc(CC)s1. The number of thiophene rings is 1. The summed E-state index contributed by atoms with van der Waals surface area (Å²) < 4.78 is 4.71. The van der Waals surface area contributed by atoms with Crippen molar-refractivity contribution in [1.82, 2.24) is 0 Å². The van der Waals surface area contributed by atoms with E-state index in [2.05, 4.69) is 0 Å². The van der Waals surface area contributed by atoms with Crippen molar-refractivity contribution >= 4 is 23.1 Å². The first-order valence-corrected chi connectivity index (χ1v) is 5.76. The molecule has 4 heteroatoms. The minimum atomic E-state index is -0.450. The van der Waals surface area contributed by atoms with Gasteiger partial charge in [0.25, 0.3) is 0 Å². The predicted molar refractivity (Wildman–Crippen MR) is 59.3 cm³/mol.